The van der Waals surface area contributed by atoms with E-state index in [0.29, 0.717) is 22.5 Å². The lowest BCUT2D eigenvalue weighted by molar-refractivity contribution is -0.123. The van der Waals surface area contributed by atoms with Gasteiger partial charge in [-0.3, -0.25) is 0 Å². The number of rotatable bonds is 0. The molecule has 0 saturated heterocycles. The van der Waals surface area contributed by atoms with Gasteiger partial charge in [-0.15, -0.1) is 0 Å². The van der Waals surface area contributed by atoms with E-state index in [1.807, 2.05) is 12.1 Å². The summed E-state index contributed by atoms with van der Waals surface area (Å²) in [6.45, 7) is 12.9. The Balaban J connectivity index is 1.84. The molecular formula is C22H32O2. The third-order valence-electron chi connectivity index (χ3n) is 8.05. The van der Waals surface area contributed by atoms with Crippen molar-refractivity contribution in [3.05, 3.63) is 23.3 Å². The summed E-state index contributed by atoms with van der Waals surface area (Å²) < 4.78 is 6.24. The summed E-state index contributed by atoms with van der Waals surface area (Å²) in [5.41, 5.74) is 3.52. The first-order valence-corrected chi connectivity index (χ1v) is 9.65. The van der Waals surface area contributed by atoms with Gasteiger partial charge < -0.3 is 9.84 Å². The molecule has 0 spiro atoms. The Hall–Kier alpha value is -1.18. The normalized spacial score (nSPS) is 40.0. The molecule has 1 heterocycles. The van der Waals surface area contributed by atoms with Gasteiger partial charge in [-0.25, -0.2) is 0 Å². The number of hydrogen-bond acceptors (Lipinski definition) is 2. The van der Waals surface area contributed by atoms with Crippen molar-refractivity contribution in [2.45, 2.75) is 72.1 Å². The van der Waals surface area contributed by atoms with E-state index in [0.717, 1.165) is 18.3 Å². The van der Waals surface area contributed by atoms with Gasteiger partial charge in [0.05, 0.1) is 6.61 Å². The maximum atomic E-state index is 9.98. The number of phenols is 1. The molecule has 1 aromatic rings. The first-order valence-electron chi connectivity index (χ1n) is 9.65. The fourth-order valence-corrected chi connectivity index (χ4v) is 7.08. The summed E-state index contributed by atoms with van der Waals surface area (Å²) in [6.07, 6.45) is 6.59. The Kier molecular flexibility index (Phi) is 3.34. The minimum atomic E-state index is 0.171. The van der Waals surface area contributed by atoms with Gasteiger partial charge in [0, 0.05) is 23.0 Å². The largest absolute Gasteiger partial charge is 0.508 e. The van der Waals surface area contributed by atoms with E-state index < -0.39 is 0 Å². The van der Waals surface area contributed by atoms with E-state index in [9.17, 15) is 5.11 Å². The molecule has 1 aromatic carbocycles. The lowest BCUT2D eigenvalue weighted by Gasteiger charge is -2.63. The maximum absolute atomic E-state index is 9.98. The molecule has 1 aliphatic heterocycles. The molecule has 2 aliphatic carbocycles. The number of aromatic hydroxyl groups is 1. The van der Waals surface area contributed by atoms with Crippen molar-refractivity contribution in [1.29, 1.82) is 0 Å². The summed E-state index contributed by atoms with van der Waals surface area (Å²) in [7, 11) is 0. The second kappa shape index (κ2) is 4.93. The van der Waals surface area contributed by atoms with Crippen LogP contribution >= 0.6 is 0 Å². The van der Waals surface area contributed by atoms with Gasteiger partial charge in [-0.2, -0.15) is 0 Å². The molecule has 2 heteroatoms. The van der Waals surface area contributed by atoms with Crippen molar-refractivity contribution >= 4 is 0 Å². The SMILES string of the molecule is Cc1cc(O)cc2c1[C@]1(C)CC[C@H]3C(C)(C)CCC[C@]3(C)[C@H]1CO2. The fourth-order valence-electron chi connectivity index (χ4n) is 7.08. The van der Waals surface area contributed by atoms with Gasteiger partial charge >= 0.3 is 0 Å². The molecule has 0 unspecified atom stereocenters. The molecule has 132 valence electrons. The fraction of sp³-hybridized carbons (Fsp3) is 0.727. The van der Waals surface area contributed by atoms with Crippen molar-refractivity contribution in [3.63, 3.8) is 0 Å². The Labute approximate surface area is 146 Å². The van der Waals surface area contributed by atoms with E-state index >= 15 is 0 Å². The predicted octanol–water partition coefficient (Wildman–Crippen LogP) is 5.59. The van der Waals surface area contributed by atoms with Gasteiger partial charge in [0.1, 0.15) is 11.5 Å². The van der Waals surface area contributed by atoms with Crippen molar-refractivity contribution < 1.29 is 9.84 Å². The van der Waals surface area contributed by atoms with E-state index in [4.69, 9.17) is 4.74 Å². The van der Waals surface area contributed by atoms with Crippen LogP contribution in [0.2, 0.25) is 0 Å². The average molecular weight is 328 g/mol. The summed E-state index contributed by atoms with van der Waals surface area (Å²) in [5, 5.41) is 9.98. The van der Waals surface area contributed by atoms with Crippen LogP contribution in [0, 0.1) is 29.6 Å². The molecule has 1 N–H and O–H groups in total. The van der Waals surface area contributed by atoms with Crippen LogP contribution in [0.4, 0.5) is 0 Å². The predicted molar refractivity (Wildman–Crippen MR) is 97.6 cm³/mol. The highest BCUT2D eigenvalue weighted by Gasteiger charge is 2.60. The van der Waals surface area contributed by atoms with Crippen LogP contribution in [-0.2, 0) is 5.41 Å². The summed E-state index contributed by atoms with van der Waals surface area (Å²) in [5.74, 6) is 2.61. The summed E-state index contributed by atoms with van der Waals surface area (Å²) >= 11 is 0. The minimum Gasteiger partial charge on any atom is -0.508 e. The van der Waals surface area contributed by atoms with Crippen molar-refractivity contribution in [2.24, 2.45) is 22.7 Å². The lowest BCUT2D eigenvalue weighted by atomic mass is 9.42. The quantitative estimate of drug-likeness (QED) is 0.672. The first kappa shape index (κ1) is 16.3. The molecule has 0 radical (unpaired) electrons. The highest BCUT2D eigenvalue weighted by molar-refractivity contribution is 5.52. The molecule has 0 aromatic heterocycles. The third kappa shape index (κ3) is 2.01. The molecule has 0 amide bonds. The Morgan fingerprint density at radius 3 is 2.54 bits per heavy atom. The van der Waals surface area contributed by atoms with Gasteiger partial charge in [0.25, 0.3) is 0 Å². The molecule has 24 heavy (non-hydrogen) atoms. The molecular weight excluding hydrogens is 296 g/mol. The third-order valence-corrected chi connectivity index (χ3v) is 8.05. The zero-order valence-electron chi connectivity index (χ0n) is 15.9. The van der Waals surface area contributed by atoms with Crippen LogP contribution in [0.5, 0.6) is 11.5 Å². The Morgan fingerprint density at radius 1 is 1.04 bits per heavy atom. The van der Waals surface area contributed by atoms with Crippen LogP contribution in [0.25, 0.3) is 0 Å². The topological polar surface area (TPSA) is 29.5 Å². The number of fused-ring (bicyclic) bond motifs is 5. The molecule has 2 fully saturated rings. The standard InChI is InChI=1S/C22H32O2/c1-14-11-15(23)12-16-19(14)22(5)10-7-17-20(2,3)8-6-9-21(17,4)18(22)13-24-16/h11-12,17-18,23H,6-10,13H2,1-5H3/t17-,18+,21-,22+/m0/s1. The highest BCUT2D eigenvalue weighted by atomic mass is 16.5. The van der Waals surface area contributed by atoms with Crippen molar-refractivity contribution in [2.75, 3.05) is 6.61 Å². The van der Waals surface area contributed by atoms with Crippen LogP contribution < -0.4 is 4.74 Å². The summed E-state index contributed by atoms with van der Waals surface area (Å²) in [4.78, 5) is 0. The van der Waals surface area contributed by atoms with E-state index in [2.05, 4.69) is 34.6 Å². The number of aryl methyl sites for hydroxylation is 1. The monoisotopic (exact) mass is 328 g/mol. The lowest BCUT2D eigenvalue weighted by Crippen LogP contribution is -2.59. The van der Waals surface area contributed by atoms with Gasteiger partial charge in [-0.05, 0) is 61.0 Å². The smallest absolute Gasteiger partial charge is 0.127 e. The van der Waals surface area contributed by atoms with Gasteiger partial charge in [0.2, 0.25) is 0 Å². The average Bonchev–Trinajstić information content (AvgIpc) is 2.44. The maximum Gasteiger partial charge on any atom is 0.127 e. The Bertz CT molecular complexity index is 677. The zero-order chi connectivity index (χ0) is 17.3. The first-order chi connectivity index (χ1) is 11.2. The van der Waals surface area contributed by atoms with Crippen LogP contribution in [0.3, 0.4) is 0 Å². The van der Waals surface area contributed by atoms with Crippen LogP contribution in [0.1, 0.15) is 70.9 Å². The van der Waals surface area contributed by atoms with Crippen molar-refractivity contribution in [1.82, 2.24) is 0 Å². The number of hydrogen-bond donors (Lipinski definition) is 1. The molecule has 3 aliphatic rings. The minimum absolute atomic E-state index is 0.171. The van der Waals surface area contributed by atoms with E-state index in [1.54, 1.807) is 0 Å². The number of benzene rings is 1. The second-order valence-corrected chi connectivity index (χ2v) is 9.86. The van der Waals surface area contributed by atoms with Crippen LogP contribution in [-0.4, -0.2) is 11.7 Å². The second-order valence-electron chi connectivity index (χ2n) is 9.86. The van der Waals surface area contributed by atoms with Gasteiger partial charge in [0.15, 0.2) is 0 Å². The molecule has 4 atom stereocenters. The van der Waals surface area contributed by atoms with Crippen molar-refractivity contribution in [3.8, 4) is 11.5 Å². The zero-order valence-corrected chi connectivity index (χ0v) is 15.9. The van der Waals surface area contributed by atoms with E-state index in [1.165, 1.54) is 43.2 Å². The highest BCUT2D eigenvalue weighted by Crippen LogP contribution is 2.66. The molecule has 2 nitrogen and oxygen atoms in total. The van der Waals surface area contributed by atoms with E-state index in [-0.39, 0.29) is 5.41 Å². The molecule has 2 saturated carbocycles. The molecule has 0 bridgehead atoms. The van der Waals surface area contributed by atoms with Gasteiger partial charge in [-0.1, -0.05) is 34.1 Å². The Morgan fingerprint density at radius 2 is 1.79 bits per heavy atom. The molecule has 4 rings (SSSR count). The van der Waals surface area contributed by atoms with Crippen LogP contribution in [0.15, 0.2) is 12.1 Å². The number of phenolic OH excluding ortho intramolecular Hbond substituents is 1. The summed E-state index contributed by atoms with van der Waals surface area (Å²) in [6, 6.07) is 3.73. The number of ether oxygens (including phenoxy) is 1.